The maximum Gasteiger partial charge on any atom is 0.220 e. The summed E-state index contributed by atoms with van der Waals surface area (Å²) in [5.74, 6) is 0.0271. The van der Waals surface area contributed by atoms with Gasteiger partial charge in [0.1, 0.15) is 0 Å². The molecule has 4 nitrogen and oxygen atoms in total. The number of nitrogens with zero attached hydrogens (tertiary/aromatic N) is 1. The van der Waals surface area contributed by atoms with Crippen LogP contribution >= 0.6 is 36.2 Å². The van der Waals surface area contributed by atoms with Gasteiger partial charge in [-0.25, -0.2) is 4.98 Å². The zero-order chi connectivity index (χ0) is 14.4. The van der Waals surface area contributed by atoms with Crippen molar-refractivity contribution in [2.45, 2.75) is 32.7 Å². The van der Waals surface area contributed by atoms with Gasteiger partial charge in [-0.1, -0.05) is 25.1 Å². The van der Waals surface area contributed by atoms with E-state index in [0.717, 1.165) is 28.4 Å². The first-order chi connectivity index (χ1) is 9.69. The Morgan fingerprint density at radius 1 is 1.32 bits per heavy atom. The monoisotopic (exact) mass is 361 g/mol. The topological polar surface area (TPSA) is 68.0 Å². The normalized spacial score (nSPS) is 9.50. The molecule has 3 N–H and O–H groups in total. The number of thiazole rings is 1. The van der Waals surface area contributed by atoms with E-state index in [9.17, 15) is 4.79 Å². The van der Waals surface area contributed by atoms with Gasteiger partial charge in [0.05, 0.1) is 17.2 Å². The molecule has 0 radical (unpaired) electrons. The van der Waals surface area contributed by atoms with Gasteiger partial charge in [-0.15, -0.1) is 36.2 Å². The largest absolute Gasteiger partial charge is 0.399 e. The predicted octanol–water partition coefficient (Wildman–Crippen LogP) is 3.38. The van der Waals surface area contributed by atoms with E-state index in [0.29, 0.717) is 19.4 Å². The molecule has 7 heteroatoms. The zero-order valence-electron chi connectivity index (χ0n) is 12.4. The molecule has 0 aliphatic rings. The minimum absolute atomic E-state index is 0. The molecule has 0 aliphatic heterocycles. The van der Waals surface area contributed by atoms with E-state index in [2.05, 4.69) is 17.2 Å². The van der Waals surface area contributed by atoms with Gasteiger partial charge in [0.15, 0.2) is 0 Å². The van der Waals surface area contributed by atoms with E-state index >= 15 is 0 Å². The molecule has 0 fully saturated rings. The third-order valence-corrected chi connectivity index (χ3v) is 4.09. The highest BCUT2D eigenvalue weighted by atomic mass is 35.5. The van der Waals surface area contributed by atoms with Crippen molar-refractivity contribution in [1.82, 2.24) is 10.3 Å². The van der Waals surface area contributed by atoms with Crippen LogP contribution in [0.15, 0.2) is 29.6 Å². The van der Waals surface area contributed by atoms with Crippen molar-refractivity contribution in [3.05, 3.63) is 45.9 Å². The quantitative estimate of drug-likeness (QED) is 0.774. The zero-order valence-corrected chi connectivity index (χ0v) is 14.8. The van der Waals surface area contributed by atoms with Crippen LogP contribution in [-0.4, -0.2) is 10.9 Å². The summed E-state index contributed by atoms with van der Waals surface area (Å²) in [5, 5.41) is 5.99. The van der Waals surface area contributed by atoms with Crippen molar-refractivity contribution < 1.29 is 4.79 Å². The van der Waals surface area contributed by atoms with Crippen LogP contribution in [0.1, 0.15) is 29.6 Å². The average Bonchev–Trinajstić information content (AvgIpc) is 2.92. The Morgan fingerprint density at radius 2 is 2.05 bits per heavy atom. The number of halogens is 2. The molecule has 0 aliphatic carbocycles. The fourth-order valence-electron chi connectivity index (χ4n) is 1.88. The maximum absolute atomic E-state index is 11.8. The molecule has 22 heavy (non-hydrogen) atoms. The smallest absolute Gasteiger partial charge is 0.220 e. The maximum atomic E-state index is 11.8. The minimum atomic E-state index is 0. The molecule has 0 saturated carbocycles. The molecule has 0 saturated heterocycles. The van der Waals surface area contributed by atoms with Crippen LogP contribution in [0.5, 0.6) is 0 Å². The summed E-state index contributed by atoms with van der Waals surface area (Å²) < 4.78 is 0. The summed E-state index contributed by atoms with van der Waals surface area (Å²) >= 11 is 1.63. The van der Waals surface area contributed by atoms with Crippen molar-refractivity contribution in [2.75, 3.05) is 5.73 Å². The van der Waals surface area contributed by atoms with Crippen LogP contribution in [0.2, 0.25) is 0 Å². The third-order valence-electron chi connectivity index (χ3n) is 3.04. The fraction of sp³-hybridized carbons (Fsp3) is 0.333. The van der Waals surface area contributed by atoms with Gasteiger partial charge in [0.25, 0.3) is 0 Å². The molecule has 1 amide bonds. The van der Waals surface area contributed by atoms with Gasteiger partial charge >= 0.3 is 0 Å². The van der Waals surface area contributed by atoms with Crippen LogP contribution < -0.4 is 11.1 Å². The average molecular weight is 362 g/mol. The van der Waals surface area contributed by atoms with Gasteiger partial charge in [-0.3, -0.25) is 4.79 Å². The van der Waals surface area contributed by atoms with Gasteiger partial charge in [-0.2, -0.15) is 0 Å². The number of para-hydroxylation sites is 1. The number of nitrogens with two attached hydrogens (primary N) is 1. The molecule has 2 aromatic rings. The summed E-state index contributed by atoms with van der Waals surface area (Å²) in [6, 6.07) is 7.64. The summed E-state index contributed by atoms with van der Waals surface area (Å²) in [7, 11) is 0. The Kier molecular flexibility index (Phi) is 9.81. The fourth-order valence-corrected chi connectivity index (χ4v) is 2.62. The van der Waals surface area contributed by atoms with Gasteiger partial charge in [0.2, 0.25) is 5.91 Å². The van der Waals surface area contributed by atoms with E-state index in [1.165, 1.54) is 0 Å². The lowest BCUT2D eigenvalue weighted by molar-refractivity contribution is -0.121. The van der Waals surface area contributed by atoms with Crippen molar-refractivity contribution in [1.29, 1.82) is 0 Å². The Balaban J connectivity index is 0.00000220. The second kappa shape index (κ2) is 10.4. The van der Waals surface area contributed by atoms with Crippen LogP contribution in [0.25, 0.3) is 0 Å². The highest BCUT2D eigenvalue weighted by molar-refractivity contribution is 7.09. The van der Waals surface area contributed by atoms with Gasteiger partial charge in [0, 0.05) is 17.5 Å². The van der Waals surface area contributed by atoms with E-state index in [1.807, 2.05) is 29.6 Å². The van der Waals surface area contributed by atoms with Crippen LogP contribution in [0.4, 0.5) is 5.69 Å². The molecule has 1 heterocycles. The number of amides is 1. The van der Waals surface area contributed by atoms with Crippen molar-refractivity contribution in [3.8, 4) is 0 Å². The summed E-state index contributed by atoms with van der Waals surface area (Å²) in [5.41, 5.74) is 8.54. The number of benzene rings is 1. The number of anilines is 1. The Morgan fingerprint density at radius 3 is 2.68 bits per heavy atom. The molecule has 0 spiro atoms. The third kappa shape index (κ3) is 6.22. The number of nitrogens with one attached hydrogen (secondary N) is 1. The highest BCUT2D eigenvalue weighted by Crippen LogP contribution is 2.13. The lowest BCUT2D eigenvalue weighted by Gasteiger charge is -2.06. The SMILES string of the molecule is CCc1nc(CNC(=O)CCc2ccccc2N)cs1.Cl.Cl. The second-order valence-corrected chi connectivity index (χ2v) is 5.50. The van der Waals surface area contributed by atoms with Crippen LogP contribution in [0.3, 0.4) is 0 Å². The lowest BCUT2D eigenvalue weighted by Crippen LogP contribution is -2.23. The van der Waals surface area contributed by atoms with E-state index in [4.69, 9.17) is 5.73 Å². The summed E-state index contributed by atoms with van der Waals surface area (Å²) in [6.45, 7) is 2.57. The number of hydrogen-bond donors (Lipinski definition) is 2. The Bertz CT molecular complexity index is 590. The van der Waals surface area contributed by atoms with Crippen molar-refractivity contribution >= 4 is 47.7 Å². The first-order valence-electron chi connectivity index (χ1n) is 6.72. The molecule has 0 atom stereocenters. The Hall–Kier alpha value is -1.30. The van der Waals surface area contributed by atoms with E-state index in [-0.39, 0.29) is 30.7 Å². The number of carbonyl (C=O) groups is 1. The number of nitrogen functional groups attached to an aromatic ring is 1. The number of rotatable bonds is 6. The van der Waals surface area contributed by atoms with Crippen molar-refractivity contribution in [2.24, 2.45) is 0 Å². The molecule has 0 bridgehead atoms. The summed E-state index contributed by atoms with van der Waals surface area (Å²) in [4.78, 5) is 16.2. The van der Waals surface area contributed by atoms with Gasteiger partial charge in [-0.05, 0) is 24.5 Å². The van der Waals surface area contributed by atoms with Gasteiger partial charge < -0.3 is 11.1 Å². The molecule has 122 valence electrons. The number of aromatic nitrogens is 1. The first kappa shape index (κ1) is 20.7. The predicted molar refractivity (Wildman–Crippen MR) is 97.0 cm³/mol. The highest BCUT2D eigenvalue weighted by Gasteiger charge is 2.06. The Labute approximate surface area is 147 Å². The lowest BCUT2D eigenvalue weighted by atomic mass is 10.1. The molecular formula is C15H21Cl2N3OS. The molecule has 1 aromatic carbocycles. The standard InChI is InChI=1S/C15H19N3OS.2ClH/c1-2-15-18-12(10-20-15)9-17-14(19)8-7-11-5-3-4-6-13(11)16;;/h3-6,10H,2,7-9,16H2,1H3,(H,17,19);2*1H. The molecule has 1 aromatic heterocycles. The van der Waals surface area contributed by atoms with Crippen LogP contribution in [-0.2, 0) is 24.2 Å². The number of aryl methyl sites for hydroxylation is 2. The number of hydrogen-bond acceptors (Lipinski definition) is 4. The second-order valence-electron chi connectivity index (χ2n) is 4.56. The van der Waals surface area contributed by atoms with E-state index < -0.39 is 0 Å². The van der Waals surface area contributed by atoms with Crippen LogP contribution in [0, 0.1) is 0 Å². The minimum Gasteiger partial charge on any atom is -0.399 e. The number of carbonyl (C=O) groups excluding carboxylic acids is 1. The molecule has 0 unspecified atom stereocenters. The first-order valence-corrected chi connectivity index (χ1v) is 7.60. The van der Waals surface area contributed by atoms with Crippen molar-refractivity contribution in [3.63, 3.8) is 0 Å². The molecule has 2 rings (SSSR count). The summed E-state index contributed by atoms with van der Waals surface area (Å²) in [6.07, 6.45) is 2.04. The molecular weight excluding hydrogens is 341 g/mol. The van der Waals surface area contributed by atoms with E-state index in [1.54, 1.807) is 11.3 Å².